The molecule has 0 radical (unpaired) electrons. The number of nitrogens with zero attached hydrogens (tertiary/aromatic N) is 1. The third kappa shape index (κ3) is 2.83. The smallest absolute Gasteiger partial charge is 0.169 e. The van der Waals surface area contributed by atoms with Gasteiger partial charge in [-0.25, -0.2) is 4.98 Å². The summed E-state index contributed by atoms with van der Waals surface area (Å²) in [5.41, 5.74) is 3.97. The zero-order valence-electron chi connectivity index (χ0n) is 14.4. The minimum Gasteiger partial charge on any atom is -0.511 e. The number of benzene rings is 1. The van der Waals surface area contributed by atoms with E-state index < -0.39 is 0 Å². The van der Waals surface area contributed by atoms with Gasteiger partial charge in [0.25, 0.3) is 0 Å². The van der Waals surface area contributed by atoms with Gasteiger partial charge in [0, 0.05) is 17.4 Å². The second-order valence-electron chi connectivity index (χ2n) is 7.03. The molecule has 0 saturated heterocycles. The minimum atomic E-state index is 0.0417. The second kappa shape index (κ2) is 6.71. The lowest BCUT2D eigenvalue weighted by Gasteiger charge is -2.23. The van der Waals surface area contributed by atoms with Crippen LogP contribution in [0.25, 0.3) is 16.7 Å². The van der Waals surface area contributed by atoms with Crippen molar-refractivity contribution < 1.29 is 9.90 Å². The zero-order chi connectivity index (χ0) is 18.4. The van der Waals surface area contributed by atoms with Gasteiger partial charge in [-0.2, -0.15) is 0 Å². The molecule has 4 rings (SSSR count). The molecule has 2 bridgehead atoms. The molecule has 2 aliphatic rings. The van der Waals surface area contributed by atoms with Crippen LogP contribution in [-0.4, -0.2) is 15.9 Å². The minimum absolute atomic E-state index is 0.0417. The summed E-state index contributed by atoms with van der Waals surface area (Å²) in [6, 6.07) is 9.43. The number of rotatable bonds is 3. The number of pyridine rings is 1. The molecule has 5 heteroatoms. The van der Waals surface area contributed by atoms with Crippen LogP contribution in [-0.2, 0) is 11.2 Å². The fourth-order valence-corrected chi connectivity index (χ4v) is 4.64. The van der Waals surface area contributed by atoms with E-state index in [9.17, 15) is 9.90 Å². The van der Waals surface area contributed by atoms with Crippen LogP contribution in [0.4, 0.5) is 0 Å². The van der Waals surface area contributed by atoms with Gasteiger partial charge in [-0.15, -0.1) is 0 Å². The number of aliphatic hydroxyl groups excluding tert-OH is 1. The van der Waals surface area contributed by atoms with E-state index in [0.717, 1.165) is 47.9 Å². The molecule has 1 aromatic heterocycles. The first kappa shape index (κ1) is 17.6. The summed E-state index contributed by atoms with van der Waals surface area (Å²) >= 11 is 12.2. The average Bonchev–Trinajstić information content (AvgIpc) is 3.07. The number of aromatic nitrogens is 1. The van der Waals surface area contributed by atoms with E-state index in [1.807, 2.05) is 24.3 Å². The third-order valence-electron chi connectivity index (χ3n) is 5.58. The molecule has 2 aromatic rings. The molecule has 1 fully saturated rings. The monoisotopic (exact) mass is 387 g/mol. The first-order chi connectivity index (χ1) is 12.5. The SMILES string of the molecule is CCc1ccc(-c2ccc(Cl)nc2Cl)cc1C1=C(O)[C@H]2CC[C@@H](C2)C1=O. The van der Waals surface area contributed by atoms with Crippen LogP contribution in [0.1, 0.15) is 37.3 Å². The van der Waals surface area contributed by atoms with E-state index in [-0.39, 0.29) is 23.4 Å². The molecule has 2 aliphatic carbocycles. The number of allylic oxidation sites excluding steroid dienone is 2. The summed E-state index contributed by atoms with van der Waals surface area (Å²) < 4.78 is 0. The van der Waals surface area contributed by atoms with Gasteiger partial charge in [-0.1, -0.05) is 42.3 Å². The third-order valence-corrected chi connectivity index (χ3v) is 6.08. The highest BCUT2D eigenvalue weighted by molar-refractivity contribution is 6.34. The average molecular weight is 388 g/mol. The Morgan fingerprint density at radius 3 is 2.62 bits per heavy atom. The number of aryl methyl sites for hydroxylation is 1. The summed E-state index contributed by atoms with van der Waals surface area (Å²) in [5, 5.41) is 11.4. The van der Waals surface area contributed by atoms with Crippen molar-refractivity contribution in [3.63, 3.8) is 0 Å². The highest BCUT2D eigenvalue weighted by Crippen LogP contribution is 2.46. The molecule has 26 heavy (non-hydrogen) atoms. The molecule has 0 aliphatic heterocycles. The number of Topliss-reactive ketones (excluding diaryl/α,β-unsaturated/α-hetero) is 1. The zero-order valence-corrected chi connectivity index (χ0v) is 15.9. The van der Waals surface area contributed by atoms with Gasteiger partial charge in [0.2, 0.25) is 0 Å². The van der Waals surface area contributed by atoms with Gasteiger partial charge in [-0.3, -0.25) is 4.79 Å². The van der Waals surface area contributed by atoms with E-state index in [4.69, 9.17) is 23.2 Å². The second-order valence-corrected chi connectivity index (χ2v) is 7.77. The Hall–Kier alpha value is -1.84. The lowest BCUT2D eigenvalue weighted by molar-refractivity contribution is -0.117. The maximum absolute atomic E-state index is 12.9. The van der Waals surface area contributed by atoms with E-state index in [1.54, 1.807) is 6.07 Å². The molecule has 134 valence electrons. The molecule has 0 amide bonds. The number of carbonyl (C=O) groups excluding carboxylic acids is 1. The molecular formula is C21H19Cl2NO2. The lowest BCUT2D eigenvalue weighted by Crippen LogP contribution is -2.22. The Balaban J connectivity index is 1.88. The molecule has 1 heterocycles. The van der Waals surface area contributed by atoms with Gasteiger partial charge in [0.1, 0.15) is 16.1 Å². The topological polar surface area (TPSA) is 50.2 Å². The molecule has 3 nitrogen and oxygen atoms in total. The number of fused-ring (bicyclic) bond motifs is 2. The van der Waals surface area contributed by atoms with E-state index >= 15 is 0 Å². The van der Waals surface area contributed by atoms with Crippen molar-refractivity contribution in [1.82, 2.24) is 4.98 Å². The highest BCUT2D eigenvalue weighted by Gasteiger charge is 2.41. The van der Waals surface area contributed by atoms with Gasteiger partial charge in [0.05, 0.1) is 5.57 Å². The first-order valence-corrected chi connectivity index (χ1v) is 9.68. The van der Waals surface area contributed by atoms with Crippen molar-refractivity contribution in [2.45, 2.75) is 32.6 Å². The summed E-state index contributed by atoms with van der Waals surface area (Å²) in [7, 11) is 0. The van der Waals surface area contributed by atoms with Crippen LogP contribution in [0.2, 0.25) is 10.3 Å². The van der Waals surface area contributed by atoms with Crippen molar-refractivity contribution in [3.05, 3.63) is 57.5 Å². The fourth-order valence-electron chi connectivity index (χ4n) is 4.19. The normalized spacial score (nSPS) is 22.2. The maximum atomic E-state index is 12.9. The summed E-state index contributed by atoms with van der Waals surface area (Å²) in [5.74, 6) is 0.487. The number of hydrogen-bond acceptors (Lipinski definition) is 3. The molecule has 2 atom stereocenters. The summed E-state index contributed by atoms with van der Waals surface area (Å²) in [4.78, 5) is 17.0. The van der Waals surface area contributed by atoms with Crippen LogP contribution in [0.15, 0.2) is 36.1 Å². The Kier molecular flexibility index (Phi) is 4.54. The van der Waals surface area contributed by atoms with Crippen molar-refractivity contribution in [2.24, 2.45) is 11.8 Å². The Morgan fingerprint density at radius 1 is 1.12 bits per heavy atom. The first-order valence-electron chi connectivity index (χ1n) is 8.92. The van der Waals surface area contributed by atoms with E-state index in [1.165, 1.54) is 0 Å². The number of aliphatic hydroxyl groups is 1. The van der Waals surface area contributed by atoms with Gasteiger partial charge >= 0.3 is 0 Å². The molecular weight excluding hydrogens is 369 g/mol. The predicted octanol–water partition coefficient (Wildman–Crippen LogP) is 5.89. The van der Waals surface area contributed by atoms with Gasteiger partial charge < -0.3 is 5.11 Å². The van der Waals surface area contributed by atoms with Crippen molar-refractivity contribution in [1.29, 1.82) is 0 Å². The quantitative estimate of drug-likeness (QED) is 0.668. The summed E-state index contributed by atoms with van der Waals surface area (Å²) in [6.45, 7) is 2.05. The Morgan fingerprint density at radius 2 is 1.88 bits per heavy atom. The number of ketones is 1. The Bertz CT molecular complexity index is 936. The van der Waals surface area contributed by atoms with Crippen LogP contribution >= 0.6 is 23.2 Å². The van der Waals surface area contributed by atoms with Crippen molar-refractivity contribution in [3.8, 4) is 11.1 Å². The largest absolute Gasteiger partial charge is 0.511 e. The molecule has 0 unspecified atom stereocenters. The number of hydrogen-bond donors (Lipinski definition) is 1. The molecule has 1 aromatic carbocycles. The molecule has 1 saturated carbocycles. The highest BCUT2D eigenvalue weighted by atomic mass is 35.5. The molecule has 1 N–H and O–H groups in total. The number of halogens is 2. The van der Waals surface area contributed by atoms with E-state index in [0.29, 0.717) is 15.9 Å². The predicted molar refractivity (Wildman–Crippen MR) is 104 cm³/mol. The van der Waals surface area contributed by atoms with Crippen LogP contribution in [0.5, 0.6) is 0 Å². The van der Waals surface area contributed by atoms with Crippen LogP contribution in [0, 0.1) is 11.8 Å². The van der Waals surface area contributed by atoms with Gasteiger partial charge in [-0.05, 0) is 60.6 Å². The van der Waals surface area contributed by atoms with Crippen LogP contribution in [0.3, 0.4) is 0 Å². The standard InChI is InChI=1S/C21H19Cl2NO2/c1-2-11-3-4-12(15-7-8-17(22)24-21(15)23)10-16(11)18-19(25)13-5-6-14(9-13)20(18)26/h3-4,7-8,10,13-14,25H,2,5-6,9H2,1H3/t13-,14-/m0/s1. The lowest BCUT2D eigenvalue weighted by atomic mass is 9.81. The van der Waals surface area contributed by atoms with Crippen LogP contribution < -0.4 is 0 Å². The van der Waals surface area contributed by atoms with E-state index in [2.05, 4.69) is 11.9 Å². The van der Waals surface area contributed by atoms with Crippen molar-refractivity contribution >= 4 is 34.6 Å². The summed E-state index contributed by atoms with van der Waals surface area (Å²) in [6.07, 6.45) is 3.31. The number of carbonyl (C=O) groups is 1. The fraction of sp³-hybridized carbons (Fsp3) is 0.333. The van der Waals surface area contributed by atoms with Crippen molar-refractivity contribution in [2.75, 3.05) is 0 Å². The Labute approximate surface area is 162 Å². The molecule has 0 spiro atoms. The maximum Gasteiger partial charge on any atom is 0.169 e. The van der Waals surface area contributed by atoms with Gasteiger partial charge in [0.15, 0.2) is 5.78 Å².